The molecule has 1 aliphatic rings. The van der Waals surface area contributed by atoms with Gasteiger partial charge in [0.25, 0.3) is 0 Å². The molecule has 1 fully saturated rings. The molecule has 7 nitrogen and oxygen atoms in total. The topological polar surface area (TPSA) is 75.5 Å². The molecule has 0 bridgehead atoms. The van der Waals surface area contributed by atoms with E-state index < -0.39 is 0 Å². The lowest BCUT2D eigenvalue weighted by molar-refractivity contribution is 0.171. The number of thioether (sulfide) groups is 1. The number of hydrogen-bond donors (Lipinski definition) is 1. The summed E-state index contributed by atoms with van der Waals surface area (Å²) in [5.41, 5.74) is 1.15. The summed E-state index contributed by atoms with van der Waals surface area (Å²) in [6.45, 7) is 7.70. The highest BCUT2D eigenvalue weighted by Crippen LogP contribution is 2.27. The number of likely N-dealkylation sites (tertiary alicyclic amines) is 1. The molecule has 1 aliphatic heterocycles. The molecule has 0 radical (unpaired) electrons. The van der Waals surface area contributed by atoms with E-state index in [9.17, 15) is 0 Å². The average Bonchev–Trinajstić information content (AvgIpc) is 3.19. The van der Waals surface area contributed by atoms with E-state index >= 15 is 0 Å². The molecule has 0 spiro atoms. The van der Waals surface area contributed by atoms with Crippen LogP contribution in [0.1, 0.15) is 38.3 Å². The van der Waals surface area contributed by atoms with E-state index in [1.54, 1.807) is 11.8 Å². The maximum Gasteiger partial charge on any atom is 0.183 e. The fourth-order valence-corrected chi connectivity index (χ4v) is 3.53. The number of rotatable bonds is 6. The second-order valence-electron chi connectivity index (χ2n) is 5.95. The van der Waals surface area contributed by atoms with Gasteiger partial charge in [-0.2, -0.15) is 5.10 Å². The van der Waals surface area contributed by atoms with Gasteiger partial charge in [0.05, 0.1) is 12.2 Å². The molecule has 2 aromatic heterocycles. The number of aromatic amines is 1. The minimum atomic E-state index is 0.561. The second-order valence-corrected chi connectivity index (χ2v) is 7.03. The van der Waals surface area contributed by atoms with Crippen molar-refractivity contribution in [3.05, 3.63) is 18.2 Å². The monoisotopic (exact) mass is 321 g/mol. The Labute approximate surface area is 134 Å². The number of piperidine rings is 1. The van der Waals surface area contributed by atoms with Crippen LogP contribution < -0.4 is 0 Å². The normalized spacial score (nSPS) is 17.4. The largest absolute Gasteiger partial charge is 0.301 e. The number of aromatic nitrogens is 6. The van der Waals surface area contributed by atoms with Gasteiger partial charge in [-0.3, -0.25) is 9.78 Å². The van der Waals surface area contributed by atoms with Crippen LogP contribution in [0.15, 0.2) is 17.7 Å². The van der Waals surface area contributed by atoms with Crippen molar-refractivity contribution in [3.8, 4) is 0 Å². The van der Waals surface area contributed by atoms with Crippen molar-refractivity contribution in [1.29, 1.82) is 0 Å². The van der Waals surface area contributed by atoms with E-state index in [2.05, 4.69) is 50.4 Å². The molecule has 1 N–H and O–H groups in total. The number of nitrogens with zero attached hydrogens (tertiary/aromatic N) is 6. The van der Waals surface area contributed by atoms with Gasteiger partial charge in [0.2, 0.25) is 0 Å². The Bertz CT molecular complexity index is 558. The van der Waals surface area contributed by atoms with Crippen molar-refractivity contribution in [2.45, 2.75) is 50.4 Å². The van der Waals surface area contributed by atoms with E-state index in [4.69, 9.17) is 0 Å². The molecule has 3 heterocycles. The molecule has 0 unspecified atom stereocenters. The van der Waals surface area contributed by atoms with Crippen LogP contribution in [0.4, 0.5) is 0 Å². The molecule has 8 heteroatoms. The molecule has 0 aliphatic carbocycles. The van der Waals surface area contributed by atoms with E-state index in [1.807, 2.05) is 4.68 Å². The molecule has 0 atom stereocenters. The Morgan fingerprint density at radius 1 is 1.36 bits per heavy atom. The van der Waals surface area contributed by atoms with Crippen LogP contribution in [0.2, 0.25) is 0 Å². The van der Waals surface area contributed by atoms with Gasteiger partial charge in [-0.25, -0.2) is 4.98 Å². The summed E-state index contributed by atoms with van der Waals surface area (Å²) in [5, 5.41) is 16.2. The molecule has 0 saturated carbocycles. The third kappa shape index (κ3) is 3.86. The van der Waals surface area contributed by atoms with Crippen molar-refractivity contribution < 1.29 is 0 Å². The van der Waals surface area contributed by atoms with Crippen LogP contribution in [0, 0.1) is 0 Å². The second kappa shape index (κ2) is 7.23. The number of nitrogens with one attached hydrogen (secondary N) is 1. The smallest absolute Gasteiger partial charge is 0.183 e. The Kier molecular flexibility index (Phi) is 5.09. The predicted octanol–water partition coefficient (Wildman–Crippen LogP) is 1.78. The summed E-state index contributed by atoms with van der Waals surface area (Å²) < 4.78 is 1.94. The number of hydrogen-bond acceptors (Lipinski definition) is 6. The zero-order chi connectivity index (χ0) is 15.4. The molecular weight excluding hydrogens is 298 g/mol. The van der Waals surface area contributed by atoms with E-state index in [-0.39, 0.29) is 0 Å². The maximum atomic E-state index is 4.37. The van der Waals surface area contributed by atoms with E-state index in [0.29, 0.717) is 12.0 Å². The quantitative estimate of drug-likeness (QED) is 0.817. The molecule has 2 aromatic rings. The highest BCUT2D eigenvalue weighted by molar-refractivity contribution is 7.99. The fraction of sp³-hybridized carbons (Fsp3) is 0.714. The minimum Gasteiger partial charge on any atom is -0.301 e. The van der Waals surface area contributed by atoms with Gasteiger partial charge in [0, 0.05) is 23.9 Å². The average molecular weight is 321 g/mol. The first-order valence-electron chi connectivity index (χ1n) is 7.84. The summed E-state index contributed by atoms with van der Waals surface area (Å²) in [5.74, 6) is 1.47. The van der Waals surface area contributed by atoms with Crippen LogP contribution in [-0.2, 0) is 6.54 Å². The van der Waals surface area contributed by atoms with E-state index in [1.165, 1.54) is 19.2 Å². The third-order valence-electron chi connectivity index (χ3n) is 4.19. The van der Waals surface area contributed by atoms with Crippen molar-refractivity contribution in [2.24, 2.45) is 0 Å². The summed E-state index contributed by atoms with van der Waals surface area (Å²) in [6.07, 6.45) is 6.00. The zero-order valence-corrected chi connectivity index (χ0v) is 14.0. The fourth-order valence-electron chi connectivity index (χ4n) is 2.82. The van der Waals surface area contributed by atoms with Crippen LogP contribution in [0.5, 0.6) is 0 Å². The van der Waals surface area contributed by atoms with Crippen molar-refractivity contribution >= 4 is 11.8 Å². The Morgan fingerprint density at radius 2 is 2.18 bits per heavy atom. The first-order chi connectivity index (χ1) is 10.7. The van der Waals surface area contributed by atoms with Gasteiger partial charge in [0.15, 0.2) is 5.16 Å². The lowest BCUT2D eigenvalue weighted by atomic mass is 9.93. The van der Waals surface area contributed by atoms with Gasteiger partial charge in [-0.15, -0.1) is 5.10 Å². The van der Waals surface area contributed by atoms with Crippen LogP contribution >= 0.6 is 11.8 Å². The summed E-state index contributed by atoms with van der Waals surface area (Å²) in [4.78, 5) is 6.63. The lowest BCUT2D eigenvalue weighted by Gasteiger charge is -2.33. The standard InChI is InChI=1S/C14H23N7S/c1-11(2)20-5-3-12(4-6-20)13-9-21(19-17-13)7-8-22-14-15-10-16-18-14/h9-12H,3-8H2,1-2H3,(H,15,16,18). The Hall–Kier alpha value is -1.41. The summed E-state index contributed by atoms with van der Waals surface area (Å²) in [7, 11) is 0. The van der Waals surface area contributed by atoms with Gasteiger partial charge in [0.1, 0.15) is 6.33 Å². The van der Waals surface area contributed by atoms with Crippen molar-refractivity contribution in [1.82, 2.24) is 35.1 Å². The van der Waals surface area contributed by atoms with Gasteiger partial charge >= 0.3 is 0 Å². The van der Waals surface area contributed by atoms with Crippen LogP contribution in [-0.4, -0.2) is 60.0 Å². The third-order valence-corrected chi connectivity index (χ3v) is 5.04. The highest BCUT2D eigenvalue weighted by Gasteiger charge is 2.23. The van der Waals surface area contributed by atoms with Gasteiger partial charge in [-0.05, 0) is 39.8 Å². The zero-order valence-electron chi connectivity index (χ0n) is 13.1. The number of aryl methyl sites for hydroxylation is 1. The Balaban J connectivity index is 1.47. The van der Waals surface area contributed by atoms with Crippen molar-refractivity contribution in [3.63, 3.8) is 0 Å². The molecule has 120 valence electrons. The first kappa shape index (κ1) is 15.5. The molecule has 22 heavy (non-hydrogen) atoms. The number of H-pyrrole nitrogens is 1. The first-order valence-corrected chi connectivity index (χ1v) is 8.83. The van der Waals surface area contributed by atoms with Crippen LogP contribution in [0.25, 0.3) is 0 Å². The van der Waals surface area contributed by atoms with E-state index in [0.717, 1.165) is 36.2 Å². The summed E-state index contributed by atoms with van der Waals surface area (Å²) in [6, 6.07) is 0.643. The van der Waals surface area contributed by atoms with Gasteiger partial charge < -0.3 is 4.90 Å². The van der Waals surface area contributed by atoms with Gasteiger partial charge in [-0.1, -0.05) is 17.0 Å². The molecule has 3 rings (SSSR count). The van der Waals surface area contributed by atoms with Crippen molar-refractivity contribution in [2.75, 3.05) is 18.8 Å². The highest BCUT2D eigenvalue weighted by atomic mass is 32.2. The summed E-state index contributed by atoms with van der Waals surface area (Å²) >= 11 is 1.65. The lowest BCUT2D eigenvalue weighted by Crippen LogP contribution is -2.37. The SMILES string of the molecule is CC(C)N1CCC(c2cn(CCSc3ncn[nH]3)nn2)CC1. The van der Waals surface area contributed by atoms with Crippen LogP contribution in [0.3, 0.4) is 0 Å². The minimum absolute atomic E-state index is 0.561. The molecular formula is C14H23N7S. The maximum absolute atomic E-state index is 4.37. The Morgan fingerprint density at radius 3 is 2.86 bits per heavy atom. The molecule has 0 amide bonds. The molecule has 1 saturated heterocycles. The predicted molar refractivity (Wildman–Crippen MR) is 85.8 cm³/mol. The molecule has 0 aromatic carbocycles.